The molecule has 2 heterocycles. The van der Waals surface area contributed by atoms with Crippen LogP contribution in [0.25, 0.3) is 16.6 Å². The number of hydrogen-bond donors (Lipinski definition) is 3. The van der Waals surface area contributed by atoms with Gasteiger partial charge in [-0.1, -0.05) is 6.92 Å². The molecule has 7 nitrogen and oxygen atoms in total. The number of aromatic amines is 1. The molecular weight excluding hydrogens is 356 g/mol. The number of aliphatic hydroxyl groups is 1. The van der Waals surface area contributed by atoms with Gasteiger partial charge in [0, 0.05) is 11.8 Å². The van der Waals surface area contributed by atoms with Crippen molar-refractivity contribution < 1.29 is 14.6 Å². The number of fused-ring (bicyclic) bond motifs is 1. The molecule has 2 aromatic carbocycles. The number of benzene rings is 2. The lowest BCUT2D eigenvalue weighted by Crippen LogP contribution is -2.26. The fraction of sp³-hybridized carbons (Fsp3) is 0.238. The zero-order valence-electron chi connectivity index (χ0n) is 15.8. The molecule has 0 amide bonds. The van der Waals surface area contributed by atoms with E-state index in [1.54, 1.807) is 12.0 Å². The van der Waals surface area contributed by atoms with E-state index >= 15 is 0 Å². The Morgan fingerprint density at radius 1 is 1.18 bits per heavy atom. The Morgan fingerprint density at radius 3 is 2.64 bits per heavy atom. The summed E-state index contributed by atoms with van der Waals surface area (Å²) >= 11 is 0. The molecule has 1 aromatic heterocycles. The number of nitrogens with one attached hydrogen (secondary N) is 2. The highest BCUT2D eigenvalue weighted by Crippen LogP contribution is 2.32. The Bertz CT molecular complexity index is 1050. The van der Waals surface area contributed by atoms with Crippen molar-refractivity contribution in [3.63, 3.8) is 0 Å². The third-order valence-electron chi connectivity index (χ3n) is 4.65. The third kappa shape index (κ3) is 3.15. The highest BCUT2D eigenvalue weighted by Gasteiger charge is 2.31. The second-order valence-electron chi connectivity index (χ2n) is 6.57. The molecule has 3 N–H and O–H groups in total. The fourth-order valence-electron chi connectivity index (χ4n) is 3.23. The van der Waals surface area contributed by atoms with Crippen LogP contribution in [-0.2, 0) is 0 Å². The summed E-state index contributed by atoms with van der Waals surface area (Å²) in [4.78, 5) is 9.45. The van der Waals surface area contributed by atoms with Crippen LogP contribution in [0.5, 0.6) is 11.5 Å². The van der Waals surface area contributed by atoms with Gasteiger partial charge in [0.1, 0.15) is 28.9 Å². The SMILES string of the molecule is CCCOc1ccc(N2CC(O)=C(c3nc4ccc(OC)cc4[nH]3)C2=N)cc1. The first-order valence-electron chi connectivity index (χ1n) is 9.16. The molecule has 0 fully saturated rings. The largest absolute Gasteiger partial charge is 0.509 e. The highest BCUT2D eigenvalue weighted by molar-refractivity contribution is 6.30. The summed E-state index contributed by atoms with van der Waals surface area (Å²) in [5, 5.41) is 19.1. The predicted molar refractivity (Wildman–Crippen MR) is 109 cm³/mol. The van der Waals surface area contributed by atoms with Crippen LogP contribution < -0.4 is 14.4 Å². The molecule has 0 radical (unpaired) electrons. The average Bonchev–Trinajstić information content (AvgIpc) is 3.25. The number of anilines is 1. The fourth-order valence-corrected chi connectivity index (χ4v) is 3.23. The van der Waals surface area contributed by atoms with Crippen molar-refractivity contribution in [1.29, 1.82) is 5.41 Å². The number of aliphatic hydroxyl groups excluding tert-OH is 1. The van der Waals surface area contributed by atoms with Gasteiger partial charge in [-0.3, -0.25) is 5.41 Å². The summed E-state index contributed by atoms with van der Waals surface area (Å²) < 4.78 is 10.8. The van der Waals surface area contributed by atoms with Crippen LogP contribution in [0.3, 0.4) is 0 Å². The van der Waals surface area contributed by atoms with Gasteiger partial charge in [-0.05, 0) is 42.8 Å². The summed E-state index contributed by atoms with van der Waals surface area (Å²) in [6.45, 7) is 2.95. The number of nitrogens with zero attached hydrogens (tertiary/aromatic N) is 2. The molecule has 28 heavy (non-hydrogen) atoms. The van der Waals surface area contributed by atoms with Gasteiger partial charge in [0.2, 0.25) is 0 Å². The second kappa shape index (κ2) is 7.26. The van der Waals surface area contributed by atoms with Crippen LogP contribution in [0.4, 0.5) is 5.69 Å². The maximum absolute atomic E-state index is 10.5. The Labute approximate surface area is 162 Å². The van der Waals surface area contributed by atoms with Crippen molar-refractivity contribution in [2.75, 3.05) is 25.2 Å². The standard InChI is InChI=1S/C21H22N4O3/c1-3-10-28-14-6-4-13(5-7-14)25-12-18(26)19(20(25)22)21-23-16-9-8-15(27-2)11-17(16)24-21/h4-9,11,22,26H,3,10,12H2,1-2H3,(H,23,24). The van der Waals surface area contributed by atoms with E-state index in [0.29, 0.717) is 18.0 Å². The van der Waals surface area contributed by atoms with E-state index in [-0.39, 0.29) is 18.1 Å². The first kappa shape index (κ1) is 17.9. The Kier molecular flexibility index (Phi) is 4.65. The van der Waals surface area contributed by atoms with E-state index in [1.807, 2.05) is 42.5 Å². The van der Waals surface area contributed by atoms with Gasteiger partial charge < -0.3 is 24.5 Å². The summed E-state index contributed by atoms with van der Waals surface area (Å²) in [5.41, 5.74) is 2.76. The van der Waals surface area contributed by atoms with Crippen LogP contribution >= 0.6 is 0 Å². The van der Waals surface area contributed by atoms with E-state index in [9.17, 15) is 5.11 Å². The smallest absolute Gasteiger partial charge is 0.145 e. The van der Waals surface area contributed by atoms with E-state index in [2.05, 4.69) is 16.9 Å². The van der Waals surface area contributed by atoms with Gasteiger partial charge in [-0.15, -0.1) is 0 Å². The molecule has 0 saturated carbocycles. The van der Waals surface area contributed by atoms with Crippen LogP contribution in [0.1, 0.15) is 19.2 Å². The third-order valence-corrected chi connectivity index (χ3v) is 4.65. The van der Waals surface area contributed by atoms with Crippen molar-refractivity contribution in [2.24, 2.45) is 0 Å². The van der Waals surface area contributed by atoms with Crippen molar-refractivity contribution >= 4 is 28.1 Å². The summed E-state index contributed by atoms with van der Waals surface area (Å²) in [7, 11) is 1.61. The van der Waals surface area contributed by atoms with Gasteiger partial charge in [0.05, 0.1) is 36.9 Å². The van der Waals surface area contributed by atoms with Crippen molar-refractivity contribution in [3.05, 3.63) is 54.0 Å². The van der Waals surface area contributed by atoms with E-state index in [4.69, 9.17) is 14.9 Å². The zero-order chi connectivity index (χ0) is 19.7. The topological polar surface area (TPSA) is 94.5 Å². The van der Waals surface area contributed by atoms with E-state index in [1.165, 1.54) is 0 Å². The van der Waals surface area contributed by atoms with Crippen LogP contribution in [0, 0.1) is 5.41 Å². The van der Waals surface area contributed by atoms with Gasteiger partial charge in [-0.25, -0.2) is 4.98 Å². The lowest BCUT2D eigenvalue weighted by atomic mass is 10.2. The van der Waals surface area contributed by atoms with Crippen molar-refractivity contribution in [1.82, 2.24) is 9.97 Å². The number of imidazole rings is 1. The minimum atomic E-state index is 0.113. The van der Waals surface area contributed by atoms with E-state index < -0.39 is 0 Å². The van der Waals surface area contributed by atoms with E-state index in [0.717, 1.165) is 34.6 Å². The molecule has 0 bridgehead atoms. The molecule has 0 spiro atoms. The molecule has 1 aliphatic heterocycles. The van der Waals surface area contributed by atoms with Crippen LogP contribution in [0.2, 0.25) is 0 Å². The number of ether oxygens (including phenoxy) is 2. The molecule has 0 unspecified atom stereocenters. The summed E-state index contributed by atoms with van der Waals surface area (Å²) in [6, 6.07) is 13.0. The maximum atomic E-state index is 10.5. The molecule has 0 aliphatic carbocycles. The number of rotatable bonds is 6. The lowest BCUT2D eigenvalue weighted by molar-refractivity contribution is 0.317. The Balaban J connectivity index is 1.60. The van der Waals surface area contributed by atoms with Crippen molar-refractivity contribution in [2.45, 2.75) is 13.3 Å². The molecular formula is C21H22N4O3. The first-order chi connectivity index (χ1) is 13.6. The van der Waals surface area contributed by atoms with Gasteiger partial charge in [0.25, 0.3) is 0 Å². The second-order valence-corrected chi connectivity index (χ2v) is 6.57. The minimum absolute atomic E-state index is 0.113. The average molecular weight is 378 g/mol. The predicted octanol–water partition coefficient (Wildman–Crippen LogP) is 4.13. The molecule has 144 valence electrons. The maximum Gasteiger partial charge on any atom is 0.145 e. The first-order valence-corrected chi connectivity index (χ1v) is 9.16. The number of H-pyrrole nitrogens is 1. The Morgan fingerprint density at radius 2 is 1.93 bits per heavy atom. The Hall–Kier alpha value is -3.48. The van der Waals surface area contributed by atoms with Gasteiger partial charge >= 0.3 is 0 Å². The molecule has 1 aliphatic rings. The molecule has 0 saturated heterocycles. The molecule has 7 heteroatoms. The van der Waals surface area contributed by atoms with Gasteiger partial charge in [0.15, 0.2) is 0 Å². The monoisotopic (exact) mass is 378 g/mol. The quantitative estimate of drug-likeness (QED) is 0.600. The number of hydrogen-bond acceptors (Lipinski definition) is 5. The number of amidine groups is 1. The zero-order valence-corrected chi connectivity index (χ0v) is 15.8. The van der Waals surface area contributed by atoms with Crippen LogP contribution in [-0.4, -0.2) is 41.2 Å². The normalized spacial score (nSPS) is 14.2. The molecule has 3 aromatic rings. The van der Waals surface area contributed by atoms with Gasteiger partial charge in [-0.2, -0.15) is 0 Å². The highest BCUT2D eigenvalue weighted by atomic mass is 16.5. The minimum Gasteiger partial charge on any atom is -0.509 e. The number of aromatic nitrogens is 2. The number of methoxy groups -OCH3 is 1. The lowest BCUT2D eigenvalue weighted by Gasteiger charge is -2.19. The summed E-state index contributed by atoms with van der Waals surface area (Å²) in [5.74, 6) is 2.29. The van der Waals surface area contributed by atoms with Crippen LogP contribution in [0.15, 0.2) is 48.2 Å². The molecule has 0 atom stereocenters. The summed E-state index contributed by atoms with van der Waals surface area (Å²) in [6.07, 6.45) is 0.947. The van der Waals surface area contributed by atoms with Crippen molar-refractivity contribution in [3.8, 4) is 11.5 Å². The molecule has 4 rings (SSSR count).